The predicted molar refractivity (Wildman–Crippen MR) is 98.8 cm³/mol. The number of ether oxygens (including phenoxy) is 2. The largest absolute Gasteiger partial charge is 0.462 e. The maximum atomic E-state index is 12.7. The molecule has 6 atom stereocenters. The molecule has 0 aromatic heterocycles. The van der Waals surface area contributed by atoms with Crippen LogP contribution in [0.2, 0.25) is 0 Å². The number of piperazine rings is 1. The lowest BCUT2D eigenvalue weighted by Gasteiger charge is -2.51. The first-order valence-electron chi connectivity index (χ1n) is 10.8. The van der Waals surface area contributed by atoms with Crippen LogP contribution in [0.4, 0.5) is 0 Å². The molecule has 0 radical (unpaired) electrons. The number of hydrogen-bond donors (Lipinski definition) is 0. The molecule has 0 aromatic carbocycles. The summed E-state index contributed by atoms with van der Waals surface area (Å²) in [5.74, 6) is 1.18. The van der Waals surface area contributed by atoms with Gasteiger partial charge < -0.3 is 14.4 Å². The van der Waals surface area contributed by atoms with Gasteiger partial charge in [-0.2, -0.15) is 0 Å². The molecule has 5 aliphatic rings. The number of nitrogens with zero attached hydrogens (tertiary/aromatic N) is 2. The van der Waals surface area contributed by atoms with Gasteiger partial charge in [-0.1, -0.05) is 13.8 Å². The number of likely N-dealkylation sites (N-methyl/N-ethyl adjacent to an activating group) is 1. The van der Waals surface area contributed by atoms with Crippen LogP contribution in [0, 0.1) is 23.2 Å². The summed E-state index contributed by atoms with van der Waals surface area (Å²) in [7, 11) is 0. The molecule has 0 aromatic rings. The van der Waals surface area contributed by atoms with Gasteiger partial charge in [0.15, 0.2) is 0 Å². The first-order chi connectivity index (χ1) is 12.5. The van der Waals surface area contributed by atoms with Gasteiger partial charge in [0.25, 0.3) is 0 Å². The Kier molecular flexibility index (Phi) is 4.15. The second-order valence-electron chi connectivity index (χ2n) is 9.83. The number of hydrogen-bond acceptors (Lipinski definition) is 5. The maximum Gasteiger partial charge on any atom is 0.310 e. The molecule has 3 aliphatic heterocycles. The second-order valence-corrected chi connectivity index (χ2v) is 9.83. The molecule has 2 saturated carbocycles. The van der Waals surface area contributed by atoms with Gasteiger partial charge in [0.2, 0.25) is 0 Å². The molecule has 1 spiro atoms. The van der Waals surface area contributed by atoms with Gasteiger partial charge in [-0.25, -0.2) is 0 Å². The molecule has 5 nitrogen and oxygen atoms in total. The molecule has 3 saturated heterocycles. The van der Waals surface area contributed by atoms with E-state index in [0.717, 1.165) is 58.7 Å². The number of esters is 1. The summed E-state index contributed by atoms with van der Waals surface area (Å²) < 4.78 is 12.0. The topological polar surface area (TPSA) is 45.3 Å². The Balaban J connectivity index is 1.30. The number of rotatable bonds is 3. The third-order valence-corrected chi connectivity index (χ3v) is 8.45. The van der Waals surface area contributed by atoms with Crippen LogP contribution in [-0.2, 0) is 14.3 Å². The van der Waals surface area contributed by atoms with E-state index in [0.29, 0.717) is 17.3 Å². The maximum absolute atomic E-state index is 12.7. The Bertz CT molecular complexity index is 570. The van der Waals surface area contributed by atoms with Gasteiger partial charge in [0.1, 0.15) is 6.10 Å². The van der Waals surface area contributed by atoms with Crippen molar-refractivity contribution in [2.24, 2.45) is 23.2 Å². The zero-order chi connectivity index (χ0) is 17.9. The van der Waals surface area contributed by atoms with Crippen molar-refractivity contribution < 1.29 is 14.3 Å². The van der Waals surface area contributed by atoms with Gasteiger partial charge in [-0.05, 0) is 50.0 Å². The van der Waals surface area contributed by atoms with E-state index in [-0.39, 0.29) is 23.6 Å². The standard InChI is InChI=1S/C21H34N2O3/c1-3-22-7-9-23(10-8-22)13-16-15-11-18-20(2,12-17(15)26-19(16)24)5-4-6-21(18)14-25-21/h15-18H,3-14H2,1-2H3/t15-,16+,17-,18-,20-,21+/m1/s1. The van der Waals surface area contributed by atoms with Crippen molar-refractivity contribution in [1.82, 2.24) is 9.80 Å². The zero-order valence-corrected chi connectivity index (χ0v) is 16.4. The monoisotopic (exact) mass is 362 g/mol. The van der Waals surface area contributed by atoms with E-state index in [1.54, 1.807) is 0 Å². The van der Waals surface area contributed by atoms with Crippen molar-refractivity contribution in [2.45, 2.75) is 57.7 Å². The highest BCUT2D eigenvalue weighted by Crippen LogP contribution is 2.62. The van der Waals surface area contributed by atoms with Gasteiger partial charge >= 0.3 is 5.97 Å². The molecule has 5 heteroatoms. The van der Waals surface area contributed by atoms with Crippen LogP contribution in [0.3, 0.4) is 0 Å². The van der Waals surface area contributed by atoms with Crippen LogP contribution < -0.4 is 0 Å². The summed E-state index contributed by atoms with van der Waals surface area (Å²) in [5.41, 5.74) is 0.457. The average molecular weight is 363 g/mol. The van der Waals surface area contributed by atoms with E-state index in [9.17, 15) is 4.79 Å². The molecule has 0 amide bonds. The Labute approximate surface area is 157 Å². The molecule has 0 unspecified atom stereocenters. The summed E-state index contributed by atoms with van der Waals surface area (Å²) in [6.07, 6.45) is 6.10. The van der Waals surface area contributed by atoms with Gasteiger partial charge in [-0.3, -0.25) is 9.69 Å². The SMILES string of the molecule is CCN1CCN(C[C@@H]2C(=O)O[C@@H]3C[C@@]4(C)CCC[C@]5(CO5)[C@@H]4C[C@H]23)CC1. The normalized spacial score (nSPS) is 48.9. The highest BCUT2D eigenvalue weighted by molar-refractivity contribution is 5.75. The van der Waals surface area contributed by atoms with Crippen LogP contribution in [-0.4, -0.2) is 73.3 Å². The fourth-order valence-electron chi connectivity index (χ4n) is 6.73. The van der Waals surface area contributed by atoms with Crippen LogP contribution >= 0.6 is 0 Å². The van der Waals surface area contributed by atoms with Gasteiger partial charge in [-0.15, -0.1) is 0 Å². The summed E-state index contributed by atoms with van der Waals surface area (Å²) >= 11 is 0. The lowest BCUT2D eigenvalue weighted by Crippen LogP contribution is -2.52. The molecular weight excluding hydrogens is 328 g/mol. The number of carbonyl (C=O) groups is 1. The Morgan fingerprint density at radius 1 is 1.15 bits per heavy atom. The first kappa shape index (κ1) is 17.4. The van der Waals surface area contributed by atoms with Crippen LogP contribution in [0.5, 0.6) is 0 Å². The van der Waals surface area contributed by atoms with Crippen molar-refractivity contribution in [1.29, 1.82) is 0 Å². The van der Waals surface area contributed by atoms with Gasteiger partial charge in [0.05, 0.1) is 18.1 Å². The zero-order valence-electron chi connectivity index (χ0n) is 16.4. The highest BCUT2D eigenvalue weighted by Gasteiger charge is 2.65. The quantitative estimate of drug-likeness (QED) is 0.569. The summed E-state index contributed by atoms with van der Waals surface area (Å²) in [6, 6.07) is 0. The summed E-state index contributed by atoms with van der Waals surface area (Å²) in [5, 5.41) is 0. The fourth-order valence-corrected chi connectivity index (χ4v) is 6.73. The Hall–Kier alpha value is -0.650. The predicted octanol–water partition coefficient (Wildman–Crippen LogP) is 2.15. The van der Waals surface area contributed by atoms with E-state index in [4.69, 9.17) is 9.47 Å². The van der Waals surface area contributed by atoms with Crippen LogP contribution in [0.25, 0.3) is 0 Å². The third kappa shape index (κ3) is 2.73. The third-order valence-electron chi connectivity index (χ3n) is 8.45. The Morgan fingerprint density at radius 3 is 2.58 bits per heavy atom. The van der Waals surface area contributed by atoms with E-state index in [1.807, 2.05) is 0 Å². The average Bonchev–Trinajstić information content (AvgIpc) is 3.33. The molecule has 2 aliphatic carbocycles. The Morgan fingerprint density at radius 2 is 1.88 bits per heavy atom. The fraction of sp³-hybridized carbons (Fsp3) is 0.952. The lowest BCUT2D eigenvalue weighted by molar-refractivity contribution is -0.147. The number of fused-ring (bicyclic) bond motifs is 3. The molecule has 0 bridgehead atoms. The van der Waals surface area contributed by atoms with Crippen molar-refractivity contribution in [3.05, 3.63) is 0 Å². The lowest BCUT2D eigenvalue weighted by atomic mass is 9.53. The molecular formula is C21H34N2O3. The van der Waals surface area contributed by atoms with Crippen LogP contribution in [0.15, 0.2) is 0 Å². The smallest absolute Gasteiger partial charge is 0.310 e. The van der Waals surface area contributed by atoms with E-state index >= 15 is 0 Å². The van der Waals surface area contributed by atoms with Crippen LogP contribution in [0.1, 0.15) is 46.0 Å². The summed E-state index contributed by atoms with van der Waals surface area (Å²) in [6.45, 7) is 12.1. The van der Waals surface area contributed by atoms with Crippen molar-refractivity contribution in [3.8, 4) is 0 Å². The van der Waals surface area contributed by atoms with E-state index in [1.165, 1.54) is 19.3 Å². The van der Waals surface area contributed by atoms with E-state index in [2.05, 4.69) is 23.6 Å². The molecule has 3 heterocycles. The van der Waals surface area contributed by atoms with Crippen molar-refractivity contribution >= 4 is 5.97 Å². The van der Waals surface area contributed by atoms with E-state index < -0.39 is 0 Å². The summed E-state index contributed by atoms with van der Waals surface area (Å²) in [4.78, 5) is 17.7. The molecule has 5 fully saturated rings. The molecule has 0 N–H and O–H groups in total. The second kappa shape index (κ2) is 6.18. The molecule has 146 valence electrons. The molecule has 26 heavy (non-hydrogen) atoms. The minimum absolute atomic E-state index is 0.0749. The molecule has 5 rings (SSSR count). The minimum Gasteiger partial charge on any atom is -0.462 e. The number of epoxide rings is 1. The first-order valence-corrected chi connectivity index (χ1v) is 10.8. The van der Waals surface area contributed by atoms with Crippen molar-refractivity contribution in [2.75, 3.05) is 45.9 Å². The van der Waals surface area contributed by atoms with Crippen molar-refractivity contribution in [3.63, 3.8) is 0 Å². The number of carbonyl (C=O) groups excluding carboxylic acids is 1. The highest BCUT2D eigenvalue weighted by atomic mass is 16.6. The van der Waals surface area contributed by atoms with Gasteiger partial charge in [0, 0.05) is 38.6 Å². The minimum atomic E-state index is 0.0749.